The van der Waals surface area contributed by atoms with E-state index in [1.807, 2.05) is 38.1 Å². The second-order valence-corrected chi connectivity index (χ2v) is 4.77. The van der Waals surface area contributed by atoms with E-state index in [4.69, 9.17) is 11.5 Å². The molecule has 0 aromatic heterocycles. The summed E-state index contributed by atoms with van der Waals surface area (Å²) in [5.41, 5.74) is 12.6. The Morgan fingerprint density at radius 3 is 2.46 bits per heavy atom. The third-order valence-electron chi connectivity index (χ3n) is 2.01. The third-order valence-corrected chi connectivity index (χ3v) is 2.50. The standard InChI is InChI=1S/C10H15BrN2/c1-10(2,13)9(12)7-4-3-5-8(11)6-7/h3-6,9H,12-13H2,1-2H3. The van der Waals surface area contributed by atoms with E-state index in [2.05, 4.69) is 15.9 Å². The fourth-order valence-electron chi connectivity index (χ4n) is 1.13. The zero-order valence-corrected chi connectivity index (χ0v) is 9.51. The summed E-state index contributed by atoms with van der Waals surface area (Å²) in [5.74, 6) is 0. The van der Waals surface area contributed by atoms with Gasteiger partial charge in [-0.3, -0.25) is 0 Å². The SMILES string of the molecule is CC(C)(N)C(N)c1cccc(Br)c1. The van der Waals surface area contributed by atoms with E-state index >= 15 is 0 Å². The highest BCUT2D eigenvalue weighted by Gasteiger charge is 2.22. The van der Waals surface area contributed by atoms with E-state index in [1.165, 1.54) is 0 Å². The Morgan fingerprint density at radius 2 is 2.00 bits per heavy atom. The first-order valence-corrected chi connectivity index (χ1v) is 5.00. The molecule has 2 nitrogen and oxygen atoms in total. The summed E-state index contributed by atoms with van der Waals surface area (Å²) in [5, 5.41) is 0. The predicted molar refractivity (Wildman–Crippen MR) is 59.3 cm³/mol. The van der Waals surface area contributed by atoms with E-state index in [9.17, 15) is 0 Å². The fourth-order valence-corrected chi connectivity index (χ4v) is 1.55. The maximum absolute atomic E-state index is 6.00. The van der Waals surface area contributed by atoms with Crippen molar-refractivity contribution in [3.05, 3.63) is 34.3 Å². The Balaban J connectivity index is 2.96. The molecule has 0 aliphatic heterocycles. The highest BCUT2D eigenvalue weighted by atomic mass is 79.9. The first kappa shape index (κ1) is 10.7. The molecule has 0 bridgehead atoms. The number of rotatable bonds is 2. The Kier molecular flexibility index (Phi) is 3.11. The van der Waals surface area contributed by atoms with Gasteiger partial charge in [0.05, 0.1) is 0 Å². The second-order valence-electron chi connectivity index (χ2n) is 3.85. The molecule has 0 saturated heterocycles. The van der Waals surface area contributed by atoms with Gasteiger partial charge in [0.15, 0.2) is 0 Å². The lowest BCUT2D eigenvalue weighted by molar-refractivity contribution is 0.420. The van der Waals surface area contributed by atoms with Crippen molar-refractivity contribution in [1.29, 1.82) is 0 Å². The largest absolute Gasteiger partial charge is 0.324 e. The monoisotopic (exact) mass is 242 g/mol. The van der Waals surface area contributed by atoms with Crippen molar-refractivity contribution in [2.45, 2.75) is 25.4 Å². The van der Waals surface area contributed by atoms with Gasteiger partial charge in [-0.2, -0.15) is 0 Å². The van der Waals surface area contributed by atoms with Gasteiger partial charge in [0.25, 0.3) is 0 Å². The number of nitrogens with two attached hydrogens (primary N) is 2. The fraction of sp³-hybridized carbons (Fsp3) is 0.400. The molecule has 0 spiro atoms. The molecule has 0 heterocycles. The molecular weight excluding hydrogens is 228 g/mol. The van der Waals surface area contributed by atoms with Gasteiger partial charge in [0.2, 0.25) is 0 Å². The number of hydrogen-bond acceptors (Lipinski definition) is 2. The number of halogens is 1. The van der Waals surface area contributed by atoms with Crippen molar-refractivity contribution in [2.75, 3.05) is 0 Å². The highest BCUT2D eigenvalue weighted by molar-refractivity contribution is 9.10. The van der Waals surface area contributed by atoms with Gasteiger partial charge in [-0.15, -0.1) is 0 Å². The molecule has 1 aromatic carbocycles. The van der Waals surface area contributed by atoms with Crippen LogP contribution in [0.25, 0.3) is 0 Å². The Morgan fingerprint density at radius 1 is 1.38 bits per heavy atom. The van der Waals surface area contributed by atoms with Gasteiger partial charge in [-0.05, 0) is 31.5 Å². The van der Waals surface area contributed by atoms with Crippen molar-refractivity contribution < 1.29 is 0 Å². The molecule has 1 aromatic rings. The van der Waals surface area contributed by atoms with Gasteiger partial charge in [-0.1, -0.05) is 28.1 Å². The number of hydrogen-bond donors (Lipinski definition) is 2. The van der Waals surface area contributed by atoms with Crippen molar-refractivity contribution in [1.82, 2.24) is 0 Å². The average molecular weight is 243 g/mol. The van der Waals surface area contributed by atoms with E-state index in [-0.39, 0.29) is 11.6 Å². The van der Waals surface area contributed by atoms with Crippen LogP contribution in [0.1, 0.15) is 25.5 Å². The van der Waals surface area contributed by atoms with E-state index in [1.54, 1.807) is 0 Å². The van der Waals surface area contributed by atoms with Crippen LogP contribution in [0.15, 0.2) is 28.7 Å². The summed E-state index contributed by atoms with van der Waals surface area (Å²) in [4.78, 5) is 0. The minimum absolute atomic E-state index is 0.134. The summed E-state index contributed by atoms with van der Waals surface area (Å²) in [6, 6.07) is 7.79. The lowest BCUT2D eigenvalue weighted by atomic mass is 9.91. The van der Waals surface area contributed by atoms with Gasteiger partial charge in [-0.25, -0.2) is 0 Å². The first-order valence-electron chi connectivity index (χ1n) is 4.21. The van der Waals surface area contributed by atoms with Crippen molar-refractivity contribution in [3.8, 4) is 0 Å². The molecule has 0 aliphatic carbocycles. The molecule has 3 heteroatoms. The van der Waals surface area contributed by atoms with Crippen LogP contribution in [0.2, 0.25) is 0 Å². The first-order chi connectivity index (χ1) is 5.91. The molecular formula is C10H15BrN2. The van der Waals surface area contributed by atoms with E-state index < -0.39 is 0 Å². The summed E-state index contributed by atoms with van der Waals surface area (Å²) in [6.07, 6.45) is 0. The zero-order valence-electron chi connectivity index (χ0n) is 7.92. The second kappa shape index (κ2) is 3.78. The number of benzene rings is 1. The van der Waals surface area contributed by atoms with Crippen molar-refractivity contribution in [3.63, 3.8) is 0 Å². The molecule has 0 radical (unpaired) electrons. The summed E-state index contributed by atoms with van der Waals surface area (Å²) in [6.45, 7) is 3.86. The van der Waals surface area contributed by atoms with Crippen molar-refractivity contribution in [2.24, 2.45) is 11.5 Å². The third kappa shape index (κ3) is 2.79. The van der Waals surface area contributed by atoms with Crippen LogP contribution in [0.3, 0.4) is 0 Å². The van der Waals surface area contributed by atoms with Crippen molar-refractivity contribution >= 4 is 15.9 Å². The average Bonchev–Trinajstić information content (AvgIpc) is 2.01. The normalized spacial score (nSPS) is 14.2. The zero-order chi connectivity index (χ0) is 10.1. The summed E-state index contributed by atoms with van der Waals surface area (Å²) in [7, 11) is 0. The van der Waals surface area contributed by atoms with Crippen LogP contribution in [-0.2, 0) is 0 Å². The Hall–Kier alpha value is -0.380. The Labute approximate surface area is 87.4 Å². The lowest BCUT2D eigenvalue weighted by Gasteiger charge is -2.27. The molecule has 1 atom stereocenters. The quantitative estimate of drug-likeness (QED) is 0.836. The lowest BCUT2D eigenvalue weighted by Crippen LogP contribution is -2.43. The van der Waals surface area contributed by atoms with Gasteiger partial charge in [0, 0.05) is 16.1 Å². The maximum Gasteiger partial charge on any atom is 0.0472 e. The molecule has 1 rings (SSSR count). The molecule has 0 aliphatic rings. The minimum atomic E-state index is -0.388. The van der Waals surface area contributed by atoms with Gasteiger partial charge >= 0.3 is 0 Å². The van der Waals surface area contributed by atoms with E-state index in [0.29, 0.717) is 0 Å². The summed E-state index contributed by atoms with van der Waals surface area (Å²) < 4.78 is 1.03. The van der Waals surface area contributed by atoms with Crippen LogP contribution in [0.4, 0.5) is 0 Å². The molecule has 1 unspecified atom stereocenters. The van der Waals surface area contributed by atoms with Crippen LogP contribution in [0, 0.1) is 0 Å². The van der Waals surface area contributed by atoms with Crippen LogP contribution < -0.4 is 11.5 Å². The molecule has 0 fully saturated rings. The van der Waals surface area contributed by atoms with Gasteiger partial charge < -0.3 is 11.5 Å². The van der Waals surface area contributed by atoms with Crippen LogP contribution in [-0.4, -0.2) is 5.54 Å². The molecule has 13 heavy (non-hydrogen) atoms. The predicted octanol–water partition coefficient (Wildman–Crippen LogP) is 2.19. The Bertz CT molecular complexity index is 291. The topological polar surface area (TPSA) is 52.0 Å². The van der Waals surface area contributed by atoms with Crippen LogP contribution in [0.5, 0.6) is 0 Å². The molecule has 0 saturated carbocycles. The van der Waals surface area contributed by atoms with E-state index in [0.717, 1.165) is 10.0 Å². The maximum atomic E-state index is 6.00. The molecule has 72 valence electrons. The highest BCUT2D eigenvalue weighted by Crippen LogP contribution is 2.23. The molecule has 0 amide bonds. The minimum Gasteiger partial charge on any atom is -0.324 e. The molecule has 4 N–H and O–H groups in total. The van der Waals surface area contributed by atoms with Gasteiger partial charge in [0.1, 0.15) is 0 Å². The smallest absolute Gasteiger partial charge is 0.0472 e. The summed E-state index contributed by atoms with van der Waals surface area (Å²) >= 11 is 3.40. The van der Waals surface area contributed by atoms with Crippen LogP contribution >= 0.6 is 15.9 Å².